The van der Waals surface area contributed by atoms with Crippen LogP contribution in [-0.2, 0) is 14.3 Å². The van der Waals surface area contributed by atoms with Crippen molar-refractivity contribution in [2.75, 3.05) is 13.2 Å². The highest BCUT2D eigenvalue weighted by Gasteiger charge is 2.18. The van der Waals surface area contributed by atoms with E-state index in [-0.39, 0.29) is 18.5 Å². The van der Waals surface area contributed by atoms with Crippen LogP contribution in [-0.4, -0.2) is 47.4 Å². The van der Waals surface area contributed by atoms with Crippen LogP contribution < -0.4 is 5.32 Å². The van der Waals surface area contributed by atoms with Crippen LogP contribution in [0.2, 0.25) is 0 Å². The summed E-state index contributed by atoms with van der Waals surface area (Å²) in [6.45, 7) is 4.95. The first-order valence-corrected chi connectivity index (χ1v) is 39.6. The third-order valence-electron chi connectivity index (χ3n) is 18.7. The van der Waals surface area contributed by atoms with Crippen LogP contribution in [0.25, 0.3) is 0 Å². The lowest BCUT2D eigenvalue weighted by Crippen LogP contribution is -2.45. The fourth-order valence-corrected chi connectivity index (χ4v) is 12.7. The highest BCUT2D eigenvalue weighted by atomic mass is 16.5. The Hall–Kier alpha value is -1.66. The molecular formula is C80H155NO5. The van der Waals surface area contributed by atoms with E-state index in [1.165, 1.54) is 379 Å². The van der Waals surface area contributed by atoms with Gasteiger partial charge in [-0.15, -0.1) is 0 Å². The summed E-state index contributed by atoms with van der Waals surface area (Å²) in [5.74, 6) is -0.0463. The number of hydrogen-bond acceptors (Lipinski definition) is 5. The van der Waals surface area contributed by atoms with Crippen LogP contribution in [0.5, 0.6) is 0 Å². The van der Waals surface area contributed by atoms with E-state index in [9.17, 15) is 19.8 Å². The van der Waals surface area contributed by atoms with Gasteiger partial charge in [0, 0.05) is 12.8 Å². The summed E-state index contributed by atoms with van der Waals surface area (Å²) in [4.78, 5) is 24.6. The Labute approximate surface area is 539 Å². The van der Waals surface area contributed by atoms with Crippen molar-refractivity contribution >= 4 is 11.9 Å². The van der Waals surface area contributed by atoms with Gasteiger partial charge in [-0.2, -0.15) is 0 Å². The molecule has 0 saturated heterocycles. The number of ether oxygens (including phenoxy) is 1. The van der Waals surface area contributed by atoms with Gasteiger partial charge < -0.3 is 20.3 Å². The van der Waals surface area contributed by atoms with Gasteiger partial charge in [0.25, 0.3) is 0 Å². The highest BCUT2D eigenvalue weighted by Crippen LogP contribution is 2.20. The zero-order chi connectivity index (χ0) is 62.0. The Bertz CT molecular complexity index is 1350. The molecule has 0 heterocycles. The Morgan fingerprint density at radius 1 is 0.314 bits per heavy atom. The second-order valence-electron chi connectivity index (χ2n) is 27.4. The summed E-state index contributed by atoms with van der Waals surface area (Å²) in [7, 11) is 0. The smallest absolute Gasteiger partial charge is 0.305 e. The van der Waals surface area contributed by atoms with Gasteiger partial charge in [0.1, 0.15) is 0 Å². The second kappa shape index (κ2) is 75.8. The number of aliphatic hydroxyl groups excluding tert-OH is 2. The minimum absolute atomic E-state index is 0.0128. The van der Waals surface area contributed by atoms with E-state index in [1.807, 2.05) is 6.08 Å². The number of aliphatic hydroxyl groups is 2. The van der Waals surface area contributed by atoms with Gasteiger partial charge in [-0.1, -0.05) is 404 Å². The molecule has 0 aliphatic rings. The molecule has 86 heavy (non-hydrogen) atoms. The van der Waals surface area contributed by atoms with E-state index >= 15 is 0 Å². The first-order chi connectivity index (χ1) is 42.5. The van der Waals surface area contributed by atoms with Gasteiger partial charge in [-0.05, 0) is 57.8 Å². The van der Waals surface area contributed by atoms with Crippen molar-refractivity contribution in [3.63, 3.8) is 0 Å². The monoisotopic (exact) mass is 1210 g/mol. The normalized spacial score (nSPS) is 12.6. The molecule has 0 rings (SSSR count). The SMILES string of the molecule is CCCCCCCCC/C=C\CCCCCCCC(=O)OCCCCCCCCCCCCCCCCCCCCCCCCCCCCCCCC(=O)NC(CO)C(O)/C=C/CCCCCCCCCCCCCCCCCCCCCCCC. The predicted molar refractivity (Wildman–Crippen MR) is 380 cm³/mol. The van der Waals surface area contributed by atoms with Crippen molar-refractivity contribution in [3.05, 3.63) is 24.3 Å². The van der Waals surface area contributed by atoms with Crippen LogP contribution in [0.4, 0.5) is 0 Å². The third-order valence-corrected chi connectivity index (χ3v) is 18.7. The number of hydrogen-bond donors (Lipinski definition) is 3. The van der Waals surface area contributed by atoms with Gasteiger partial charge in [-0.3, -0.25) is 9.59 Å². The number of carbonyl (C=O) groups excluding carboxylic acids is 2. The quantitative estimate of drug-likeness (QED) is 0.0320. The Kier molecular flexibility index (Phi) is 74.3. The van der Waals surface area contributed by atoms with Crippen molar-refractivity contribution < 1.29 is 24.5 Å². The average molecular weight is 1210 g/mol. The van der Waals surface area contributed by atoms with E-state index in [0.717, 1.165) is 44.9 Å². The summed E-state index contributed by atoms with van der Waals surface area (Å²) in [5, 5.41) is 23.3. The highest BCUT2D eigenvalue weighted by molar-refractivity contribution is 5.76. The lowest BCUT2D eigenvalue weighted by molar-refractivity contribution is -0.143. The zero-order valence-corrected chi connectivity index (χ0v) is 58.6. The summed E-state index contributed by atoms with van der Waals surface area (Å²) >= 11 is 0. The fraction of sp³-hybridized carbons (Fsp3) is 0.925. The summed E-state index contributed by atoms with van der Waals surface area (Å²) < 4.78 is 5.50. The van der Waals surface area contributed by atoms with Crippen molar-refractivity contribution in [1.82, 2.24) is 5.32 Å². The van der Waals surface area contributed by atoms with Crippen molar-refractivity contribution in [2.24, 2.45) is 0 Å². The number of rotatable bonds is 75. The van der Waals surface area contributed by atoms with Crippen LogP contribution in [0.1, 0.15) is 450 Å². The molecule has 6 nitrogen and oxygen atoms in total. The second-order valence-corrected chi connectivity index (χ2v) is 27.4. The molecule has 3 N–H and O–H groups in total. The molecule has 0 aliphatic carbocycles. The number of allylic oxidation sites excluding steroid dienone is 3. The molecule has 0 aliphatic heterocycles. The molecule has 0 radical (unpaired) electrons. The molecule has 6 heteroatoms. The largest absolute Gasteiger partial charge is 0.466 e. The van der Waals surface area contributed by atoms with Crippen LogP contribution >= 0.6 is 0 Å². The van der Waals surface area contributed by atoms with Crippen molar-refractivity contribution in [1.29, 1.82) is 0 Å². The van der Waals surface area contributed by atoms with Gasteiger partial charge in [-0.25, -0.2) is 0 Å². The number of carbonyl (C=O) groups is 2. The van der Waals surface area contributed by atoms with E-state index in [1.54, 1.807) is 6.08 Å². The molecule has 0 spiro atoms. The maximum Gasteiger partial charge on any atom is 0.305 e. The first kappa shape index (κ1) is 84.3. The van der Waals surface area contributed by atoms with Crippen LogP contribution in [0.15, 0.2) is 24.3 Å². The molecule has 0 aromatic carbocycles. The van der Waals surface area contributed by atoms with E-state index in [4.69, 9.17) is 4.74 Å². The number of amides is 1. The summed E-state index contributed by atoms with van der Waals surface area (Å²) in [5.41, 5.74) is 0. The Balaban J connectivity index is 3.36. The number of nitrogens with one attached hydrogen (secondary N) is 1. The topological polar surface area (TPSA) is 95.9 Å². The van der Waals surface area contributed by atoms with Gasteiger partial charge in [0.15, 0.2) is 0 Å². The van der Waals surface area contributed by atoms with Gasteiger partial charge >= 0.3 is 5.97 Å². The fourth-order valence-electron chi connectivity index (χ4n) is 12.7. The van der Waals surface area contributed by atoms with Gasteiger partial charge in [0.05, 0.1) is 25.4 Å². The molecule has 0 aromatic heterocycles. The molecule has 0 bridgehead atoms. The predicted octanol–water partition coefficient (Wildman–Crippen LogP) is 26.0. The first-order valence-electron chi connectivity index (χ1n) is 39.6. The molecular weight excluding hydrogens is 1050 g/mol. The van der Waals surface area contributed by atoms with E-state index in [0.29, 0.717) is 19.4 Å². The lowest BCUT2D eigenvalue weighted by atomic mass is 10.0. The number of esters is 1. The van der Waals surface area contributed by atoms with Gasteiger partial charge in [0.2, 0.25) is 5.91 Å². The minimum atomic E-state index is -0.843. The minimum Gasteiger partial charge on any atom is -0.466 e. The average Bonchev–Trinajstić information content (AvgIpc) is 3.53. The molecule has 1 amide bonds. The molecule has 0 aromatic rings. The summed E-state index contributed by atoms with van der Waals surface area (Å²) in [6, 6.07) is -0.626. The van der Waals surface area contributed by atoms with Crippen molar-refractivity contribution in [2.45, 2.75) is 463 Å². The maximum absolute atomic E-state index is 12.6. The molecule has 0 saturated carbocycles. The lowest BCUT2D eigenvalue weighted by Gasteiger charge is -2.20. The molecule has 2 atom stereocenters. The van der Waals surface area contributed by atoms with E-state index in [2.05, 4.69) is 31.3 Å². The van der Waals surface area contributed by atoms with E-state index < -0.39 is 12.1 Å². The molecule has 2 unspecified atom stereocenters. The Morgan fingerprint density at radius 3 is 0.826 bits per heavy atom. The zero-order valence-electron chi connectivity index (χ0n) is 58.6. The van der Waals surface area contributed by atoms with Crippen LogP contribution in [0, 0.1) is 0 Å². The third kappa shape index (κ3) is 71.4. The summed E-state index contributed by atoms with van der Waals surface area (Å²) in [6.07, 6.45) is 97.3. The maximum atomic E-state index is 12.6. The standard InChI is InChI=1S/C80H155NO5/c1-3-5-7-9-11-13-15-17-19-21-22-23-24-32-35-38-41-44-48-52-56-60-64-68-72-78(83)77(76-82)81-79(84)73-69-65-61-57-53-49-45-42-39-36-33-30-28-26-25-27-29-31-34-37-40-43-47-51-55-59-63-67-71-75-86-80(85)74-70-66-62-58-54-50-46-20-18-16-14-12-10-8-6-4-2/h20,46,68,72,77-78,82-83H,3-19,21-45,47-67,69-71,73-76H2,1-2H3,(H,81,84)/b46-20-,72-68+. The Morgan fingerprint density at radius 2 is 0.547 bits per heavy atom. The van der Waals surface area contributed by atoms with Crippen molar-refractivity contribution in [3.8, 4) is 0 Å². The number of unbranched alkanes of at least 4 members (excludes halogenated alkanes) is 62. The van der Waals surface area contributed by atoms with Crippen LogP contribution in [0.3, 0.4) is 0 Å². The molecule has 0 fully saturated rings. The molecule has 510 valence electrons.